The molecule has 1 amide bonds. The lowest BCUT2D eigenvalue weighted by Crippen LogP contribution is -2.29. The molecule has 2 rings (SSSR count). The zero-order valence-electron chi connectivity index (χ0n) is 17.5. The zero-order chi connectivity index (χ0) is 20.8. The first-order valence-electron chi connectivity index (χ1n) is 9.38. The average molecular weight is 389 g/mol. The van der Waals surface area contributed by atoms with Crippen LogP contribution in [-0.2, 0) is 16.1 Å². The maximum atomic E-state index is 12.2. The number of nitrogens with zero attached hydrogens (tertiary/aromatic N) is 2. The summed E-state index contributed by atoms with van der Waals surface area (Å²) in [6.07, 6.45) is 2.14. The van der Waals surface area contributed by atoms with Crippen LogP contribution in [0.1, 0.15) is 30.2 Å². The summed E-state index contributed by atoms with van der Waals surface area (Å²) < 4.78 is 10.4. The first-order chi connectivity index (χ1) is 13.3. The van der Waals surface area contributed by atoms with E-state index in [1.807, 2.05) is 20.0 Å². The largest absolute Gasteiger partial charge is 0.512 e. The van der Waals surface area contributed by atoms with E-state index in [0.717, 1.165) is 33.8 Å². The molecule has 1 aromatic rings. The van der Waals surface area contributed by atoms with Gasteiger partial charge >= 0.3 is 0 Å². The molecule has 0 aromatic carbocycles. The predicted octanol–water partition coefficient (Wildman–Crippen LogP) is 2.64. The maximum absolute atomic E-state index is 12.2. The van der Waals surface area contributed by atoms with Gasteiger partial charge in [-0.2, -0.15) is 0 Å². The number of nitrogens with one attached hydrogen (secondary N) is 1. The number of hydrogen-bond donors (Lipinski definition) is 2. The van der Waals surface area contributed by atoms with Crippen molar-refractivity contribution < 1.29 is 19.4 Å². The Balaban J connectivity index is 2.16. The van der Waals surface area contributed by atoms with Crippen molar-refractivity contribution in [2.45, 2.75) is 33.7 Å². The van der Waals surface area contributed by atoms with E-state index < -0.39 is 0 Å². The normalized spacial score (nSPS) is 18.4. The van der Waals surface area contributed by atoms with Crippen molar-refractivity contribution in [3.63, 3.8) is 0 Å². The minimum absolute atomic E-state index is 0.0645. The van der Waals surface area contributed by atoms with Crippen LogP contribution >= 0.6 is 0 Å². The molecule has 1 aliphatic heterocycles. The molecule has 2 N–H and O–H groups in total. The second-order valence-corrected chi connectivity index (χ2v) is 7.10. The van der Waals surface area contributed by atoms with Gasteiger partial charge < -0.3 is 24.8 Å². The number of likely N-dealkylation sites (tertiary alicyclic amines) is 1. The molecule has 1 aliphatic rings. The fourth-order valence-corrected chi connectivity index (χ4v) is 3.71. The lowest BCUT2D eigenvalue weighted by molar-refractivity contribution is -0.121. The third kappa shape index (κ3) is 4.84. The summed E-state index contributed by atoms with van der Waals surface area (Å²) in [6, 6.07) is 0. The summed E-state index contributed by atoms with van der Waals surface area (Å²) in [6.45, 7) is 11.9. The molecule has 0 radical (unpaired) electrons. The highest BCUT2D eigenvalue weighted by atomic mass is 16.5. The lowest BCUT2D eigenvalue weighted by atomic mass is 9.96. The summed E-state index contributed by atoms with van der Waals surface area (Å²) in [7, 11) is 3.24. The summed E-state index contributed by atoms with van der Waals surface area (Å²) in [5.41, 5.74) is 4.40. The topological polar surface area (TPSA) is 83.9 Å². The molecule has 0 saturated carbocycles. The smallest absolute Gasteiger partial charge is 0.220 e. The van der Waals surface area contributed by atoms with Gasteiger partial charge in [-0.1, -0.05) is 6.58 Å². The molecule has 154 valence electrons. The molecule has 7 nitrogen and oxygen atoms in total. The van der Waals surface area contributed by atoms with Gasteiger partial charge in [-0.15, -0.1) is 0 Å². The molecule has 1 atom stereocenters. The van der Waals surface area contributed by atoms with E-state index >= 15 is 0 Å². The van der Waals surface area contributed by atoms with Gasteiger partial charge in [-0.3, -0.25) is 9.78 Å². The first-order valence-corrected chi connectivity index (χ1v) is 9.38. The SMILES string of the molecule is C=C1/C(=C(\C)O)C(CC(=O)NCCOC)CN1Cc1cnc(C)c(OC)c1C. The Kier molecular flexibility index (Phi) is 7.45. The van der Waals surface area contributed by atoms with Crippen LogP contribution in [0.5, 0.6) is 5.75 Å². The van der Waals surface area contributed by atoms with Gasteiger partial charge in [0.2, 0.25) is 5.91 Å². The second kappa shape index (κ2) is 9.59. The van der Waals surface area contributed by atoms with E-state index in [2.05, 4.69) is 21.8 Å². The molecule has 0 bridgehead atoms. The van der Waals surface area contributed by atoms with Gasteiger partial charge in [-0.05, 0) is 31.9 Å². The van der Waals surface area contributed by atoms with Crippen molar-refractivity contribution in [2.24, 2.45) is 5.92 Å². The Morgan fingerprint density at radius 2 is 2.14 bits per heavy atom. The lowest BCUT2D eigenvalue weighted by Gasteiger charge is -2.21. The molecule has 1 fully saturated rings. The summed E-state index contributed by atoms with van der Waals surface area (Å²) in [5, 5.41) is 13.0. The third-order valence-corrected chi connectivity index (χ3v) is 5.12. The average Bonchev–Trinajstić information content (AvgIpc) is 2.93. The number of carbonyl (C=O) groups is 1. The van der Waals surface area contributed by atoms with Crippen molar-refractivity contribution in [2.75, 3.05) is 33.9 Å². The Morgan fingerprint density at radius 3 is 2.75 bits per heavy atom. The summed E-state index contributed by atoms with van der Waals surface area (Å²) >= 11 is 0. The Bertz CT molecular complexity index is 769. The molecule has 1 unspecified atom stereocenters. The minimum atomic E-state index is -0.111. The van der Waals surface area contributed by atoms with Gasteiger partial charge in [0.05, 0.1) is 25.2 Å². The standard InChI is InChI=1S/C21H31N3O4/c1-13-18(10-23-14(2)21(13)28-6)12-24-11-17(20(15(24)3)16(4)25)9-19(26)22-7-8-27-5/h10,17,25H,3,7-9,11-12H2,1-2,4-6H3,(H,22,26)/b20-16-. The number of methoxy groups -OCH3 is 2. The molecule has 0 spiro atoms. The monoisotopic (exact) mass is 389 g/mol. The highest BCUT2D eigenvalue weighted by molar-refractivity contribution is 5.77. The van der Waals surface area contributed by atoms with Gasteiger partial charge in [0, 0.05) is 56.5 Å². The van der Waals surface area contributed by atoms with Crippen LogP contribution < -0.4 is 10.1 Å². The molecule has 28 heavy (non-hydrogen) atoms. The Hall–Kier alpha value is -2.54. The number of amides is 1. The number of hydrogen-bond acceptors (Lipinski definition) is 6. The van der Waals surface area contributed by atoms with Crippen molar-refractivity contribution in [1.29, 1.82) is 0 Å². The fourth-order valence-electron chi connectivity index (χ4n) is 3.71. The van der Waals surface area contributed by atoms with Crippen LogP contribution in [0.3, 0.4) is 0 Å². The van der Waals surface area contributed by atoms with Crippen molar-refractivity contribution in [3.05, 3.63) is 46.6 Å². The predicted molar refractivity (Wildman–Crippen MR) is 108 cm³/mol. The molecule has 1 saturated heterocycles. The van der Waals surface area contributed by atoms with Crippen LogP contribution in [-0.4, -0.2) is 54.8 Å². The molecule has 2 heterocycles. The number of aryl methyl sites for hydroxylation is 1. The first kappa shape index (κ1) is 21.8. The van der Waals surface area contributed by atoms with Crippen molar-refractivity contribution in [3.8, 4) is 5.75 Å². The molecular formula is C21H31N3O4. The molecule has 1 aromatic heterocycles. The van der Waals surface area contributed by atoms with E-state index in [1.54, 1.807) is 21.1 Å². The van der Waals surface area contributed by atoms with Crippen LogP contribution in [0, 0.1) is 19.8 Å². The van der Waals surface area contributed by atoms with E-state index in [1.165, 1.54) is 0 Å². The maximum Gasteiger partial charge on any atom is 0.220 e. The van der Waals surface area contributed by atoms with Gasteiger partial charge in [0.1, 0.15) is 5.75 Å². The number of aromatic nitrogens is 1. The zero-order valence-corrected chi connectivity index (χ0v) is 17.5. The summed E-state index contributed by atoms with van der Waals surface area (Å²) in [4.78, 5) is 18.7. The molecule has 0 aliphatic carbocycles. The van der Waals surface area contributed by atoms with E-state index in [0.29, 0.717) is 32.7 Å². The minimum Gasteiger partial charge on any atom is -0.512 e. The Morgan fingerprint density at radius 1 is 1.43 bits per heavy atom. The van der Waals surface area contributed by atoms with Crippen molar-refractivity contribution in [1.82, 2.24) is 15.2 Å². The fraction of sp³-hybridized carbons (Fsp3) is 0.524. The number of carbonyl (C=O) groups excluding carboxylic acids is 1. The summed E-state index contributed by atoms with van der Waals surface area (Å²) in [5.74, 6) is 0.815. The van der Waals surface area contributed by atoms with Crippen molar-refractivity contribution >= 4 is 5.91 Å². The molecular weight excluding hydrogens is 358 g/mol. The number of aliphatic hydroxyl groups is 1. The number of ether oxygens (including phenoxy) is 2. The van der Waals surface area contributed by atoms with Gasteiger partial charge in [0.15, 0.2) is 0 Å². The van der Waals surface area contributed by atoms with E-state index in [9.17, 15) is 9.90 Å². The quantitative estimate of drug-likeness (QED) is 0.525. The number of allylic oxidation sites excluding steroid dienone is 2. The number of rotatable bonds is 8. The van der Waals surface area contributed by atoms with E-state index in [-0.39, 0.29) is 17.6 Å². The van der Waals surface area contributed by atoms with Crippen LogP contribution in [0.2, 0.25) is 0 Å². The van der Waals surface area contributed by atoms with E-state index in [4.69, 9.17) is 9.47 Å². The number of aliphatic hydroxyl groups excluding tert-OH is 1. The second-order valence-electron chi connectivity index (χ2n) is 7.10. The van der Waals surface area contributed by atoms with Crippen LogP contribution in [0.15, 0.2) is 29.8 Å². The molecule has 7 heteroatoms. The highest BCUT2D eigenvalue weighted by Crippen LogP contribution is 2.37. The van der Waals surface area contributed by atoms with Crippen LogP contribution in [0.25, 0.3) is 0 Å². The van der Waals surface area contributed by atoms with Gasteiger partial charge in [0.25, 0.3) is 0 Å². The Labute approximate surface area is 167 Å². The highest BCUT2D eigenvalue weighted by Gasteiger charge is 2.34. The number of pyridine rings is 1. The van der Waals surface area contributed by atoms with Gasteiger partial charge in [-0.25, -0.2) is 0 Å². The third-order valence-electron chi connectivity index (χ3n) is 5.12. The van der Waals surface area contributed by atoms with Crippen LogP contribution in [0.4, 0.5) is 0 Å².